The lowest BCUT2D eigenvalue weighted by atomic mass is 9.49. The van der Waals surface area contributed by atoms with Gasteiger partial charge in [-0.15, -0.1) is 0 Å². The van der Waals surface area contributed by atoms with E-state index in [9.17, 15) is 28.8 Å². The first-order valence-electron chi connectivity index (χ1n) is 22.4. The van der Waals surface area contributed by atoms with E-state index in [-0.39, 0.29) is 52.5 Å². The fourth-order valence-electron chi connectivity index (χ4n) is 13.4. The van der Waals surface area contributed by atoms with Gasteiger partial charge in [0.2, 0.25) is 0 Å². The first-order valence-corrected chi connectivity index (χ1v) is 22.4. The fraction of sp³-hybridized carbons (Fsp3) is 0.640. The standard InChI is InChI=1S/C21H28O3.C17H18O3.C12H16O3/c1-13(22)21(12-14-2-4-18(21)5-3-14)24-19(23)20-9-15-6-16(10-20)8-17(7-15)11-20;1-12(18)17(11-13-7-9-15(17)10-8-13)20-16(19)14-5-3-2-4-6-14;1-8(13)12(15-9(2)14)7-10-3-5-11(12)6-4-10/h2,4,14-18H,3,5-12H2,1H3;2-7,9,13,15H,8,10-11H2,1H3;3,5,10-11H,4,6-7H2,1-2H3. The maximum Gasteiger partial charge on any atom is 0.339 e. The molecule has 9 unspecified atom stereocenters. The molecule has 0 N–H and O–H groups in total. The molecule has 0 heterocycles. The smallest absolute Gasteiger partial charge is 0.339 e. The zero-order valence-electron chi connectivity index (χ0n) is 35.3. The highest BCUT2D eigenvalue weighted by atomic mass is 16.6. The van der Waals surface area contributed by atoms with Gasteiger partial charge in [0.05, 0.1) is 11.0 Å². The fourth-order valence-corrected chi connectivity index (χ4v) is 13.4. The van der Waals surface area contributed by atoms with Crippen molar-refractivity contribution in [1.82, 2.24) is 0 Å². The Hall–Kier alpha value is -4.14. The van der Waals surface area contributed by atoms with Crippen molar-refractivity contribution in [3.63, 3.8) is 0 Å². The van der Waals surface area contributed by atoms with Crippen molar-refractivity contribution in [2.45, 2.75) is 141 Å². The van der Waals surface area contributed by atoms with Gasteiger partial charge in [-0.25, -0.2) is 4.79 Å². The Balaban J connectivity index is 0.000000127. The molecule has 14 rings (SSSR count). The van der Waals surface area contributed by atoms with E-state index in [1.54, 1.807) is 31.2 Å². The van der Waals surface area contributed by atoms with Crippen LogP contribution in [0.2, 0.25) is 0 Å². The molecule has 13 aliphatic carbocycles. The molecule has 0 aliphatic heterocycles. The van der Waals surface area contributed by atoms with Gasteiger partial charge >= 0.3 is 17.9 Å². The molecule has 9 atom stereocenters. The number of rotatable bonds is 8. The average molecular weight is 807 g/mol. The molecule has 1 aromatic carbocycles. The van der Waals surface area contributed by atoms with Crippen molar-refractivity contribution < 1.29 is 43.0 Å². The van der Waals surface area contributed by atoms with Gasteiger partial charge < -0.3 is 14.2 Å². The SMILES string of the molecule is CC(=O)C1(OC(=O)C23CC4CC(CC(C4)C2)C3)CC2C=CC1CC2.CC(=O)C1(OC(=O)c2ccccc2)CC2C=CC1CC2.CC(=O)OC1(C(C)=O)CC2C=CC1CC2. The van der Waals surface area contributed by atoms with Crippen molar-refractivity contribution in [3.8, 4) is 0 Å². The maximum atomic E-state index is 13.4. The van der Waals surface area contributed by atoms with Crippen LogP contribution in [0.3, 0.4) is 0 Å². The van der Waals surface area contributed by atoms with Crippen LogP contribution in [0.4, 0.5) is 0 Å². The number of carbonyl (C=O) groups is 6. The molecular weight excluding hydrogens is 745 g/mol. The number of ether oxygens (including phenoxy) is 3. The number of hydrogen-bond donors (Lipinski definition) is 0. The van der Waals surface area contributed by atoms with E-state index in [0.717, 1.165) is 75.5 Å². The molecule has 316 valence electrons. The highest BCUT2D eigenvalue weighted by Crippen LogP contribution is 2.61. The minimum Gasteiger partial charge on any atom is -0.451 e. The van der Waals surface area contributed by atoms with E-state index < -0.39 is 22.8 Å². The predicted molar refractivity (Wildman–Crippen MR) is 220 cm³/mol. The van der Waals surface area contributed by atoms with E-state index in [0.29, 0.717) is 42.6 Å². The Morgan fingerprint density at radius 1 is 0.475 bits per heavy atom. The van der Waals surface area contributed by atoms with Gasteiger partial charge in [-0.2, -0.15) is 0 Å². The van der Waals surface area contributed by atoms with Crippen LogP contribution in [0.25, 0.3) is 0 Å². The first kappa shape index (κ1) is 41.6. The molecule has 13 aliphatic rings. The highest BCUT2D eigenvalue weighted by molar-refractivity contribution is 5.95. The number of allylic oxidation sites excluding steroid dienone is 3. The summed E-state index contributed by atoms with van der Waals surface area (Å²) in [6.45, 7) is 6.06. The average Bonchev–Trinajstić information content (AvgIpc) is 3.22. The first-order chi connectivity index (χ1) is 28.1. The molecule has 9 heteroatoms. The van der Waals surface area contributed by atoms with E-state index in [1.807, 2.05) is 12.1 Å². The third kappa shape index (κ3) is 7.73. The minimum absolute atomic E-state index is 0.0169. The predicted octanol–water partition coefficient (Wildman–Crippen LogP) is 9.08. The molecule has 7 saturated carbocycles. The summed E-state index contributed by atoms with van der Waals surface area (Å²) in [5.74, 6) is 2.75. The zero-order chi connectivity index (χ0) is 41.7. The summed E-state index contributed by atoms with van der Waals surface area (Å²) < 4.78 is 17.3. The molecule has 1 aromatic rings. The van der Waals surface area contributed by atoms with Crippen LogP contribution in [0.1, 0.15) is 134 Å². The Morgan fingerprint density at radius 2 is 0.864 bits per heavy atom. The van der Waals surface area contributed by atoms with Crippen molar-refractivity contribution in [1.29, 1.82) is 0 Å². The highest BCUT2D eigenvalue weighted by Gasteiger charge is 2.59. The second kappa shape index (κ2) is 16.0. The maximum absolute atomic E-state index is 13.4. The summed E-state index contributed by atoms with van der Waals surface area (Å²) in [6, 6.07) is 8.87. The van der Waals surface area contributed by atoms with Gasteiger partial charge in [0.15, 0.2) is 34.2 Å². The number of fused-ring (bicyclic) bond motifs is 6. The van der Waals surface area contributed by atoms with Crippen LogP contribution < -0.4 is 0 Å². The van der Waals surface area contributed by atoms with E-state index in [2.05, 4.69) is 30.4 Å². The van der Waals surface area contributed by atoms with Crippen molar-refractivity contribution in [2.75, 3.05) is 0 Å². The Morgan fingerprint density at radius 3 is 1.19 bits per heavy atom. The quantitative estimate of drug-likeness (QED) is 0.144. The third-order valence-electron chi connectivity index (χ3n) is 16.0. The van der Waals surface area contributed by atoms with Gasteiger partial charge in [0.1, 0.15) is 0 Å². The Bertz CT molecular complexity index is 1910. The van der Waals surface area contributed by atoms with Crippen molar-refractivity contribution in [2.24, 2.45) is 58.7 Å². The Kier molecular flexibility index (Phi) is 11.3. The summed E-state index contributed by atoms with van der Waals surface area (Å²) in [5, 5.41) is 0. The number of carbonyl (C=O) groups excluding carboxylic acids is 6. The molecule has 0 aromatic heterocycles. The summed E-state index contributed by atoms with van der Waals surface area (Å²) >= 11 is 0. The van der Waals surface area contributed by atoms with Crippen LogP contribution in [0.5, 0.6) is 0 Å². The zero-order valence-corrected chi connectivity index (χ0v) is 35.3. The van der Waals surface area contributed by atoms with E-state index in [1.165, 1.54) is 40.0 Å². The summed E-state index contributed by atoms with van der Waals surface area (Å²) in [7, 11) is 0. The molecule has 0 spiro atoms. The lowest BCUT2D eigenvalue weighted by Gasteiger charge is -2.56. The van der Waals surface area contributed by atoms with Crippen molar-refractivity contribution in [3.05, 3.63) is 72.4 Å². The second-order valence-electron chi connectivity index (χ2n) is 19.9. The van der Waals surface area contributed by atoms with Crippen LogP contribution >= 0.6 is 0 Å². The van der Waals surface area contributed by atoms with Gasteiger partial charge in [0.25, 0.3) is 0 Å². The topological polar surface area (TPSA) is 130 Å². The Labute approximate surface area is 349 Å². The molecule has 0 amide bonds. The lowest BCUT2D eigenvalue weighted by molar-refractivity contribution is -0.198. The second-order valence-corrected chi connectivity index (χ2v) is 19.9. The van der Waals surface area contributed by atoms with Gasteiger partial charge in [0, 0.05) is 43.9 Å². The molecule has 9 nitrogen and oxygen atoms in total. The minimum atomic E-state index is -0.954. The molecule has 59 heavy (non-hydrogen) atoms. The van der Waals surface area contributed by atoms with E-state index >= 15 is 0 Å². The number of ketones is 3. The molecule has 0 radical (unpaired) electrons. The van der Waals surface area contributed by atoms with Crippen molar-refractivity contribution >= 4 is 35.3 Å². The normalized spacial score (nSPS) is 40.8. The number of hydrogen-bond acceptors (Lipinski definition) is 9. The monoisotopic (exact) mass is 806 g/mol. The number of esters is 3. The van der Waals surface area contributed by atoms with Crippen LogP contribution in [0.15, 0.2) is 66.8 Å². The summed E-state index contributed by atoms with van der Waals surface area (Å²) in [4.78, 5) is 73.2. The van der Waals surface area contributed by atoms with Gasteiger partial charge in [-0.1, -0.05) is 54.7 Å². The third-order valence-corrected chi connectivity index (χ3v) is 16.0. The number of benzene rings is 1. The summed E-state index contributed by atoms with van der Waals surface area (Å²) in [5.41, 5.74) is -2.44. The lowest BCUT2D eigenvalue weighted by Crippen LogP contribution is -2.57. The van der Waals surface area contributed by atoms with Gasteiger partial charge in [-0.3, -0.25) is 24.0 Å². The number of Topliss-reactive ketones (excluding diaryl/α,β-unsaturated/α-hetero) is 3. The van der Waals surface area contributed by atoms with Crippen LogP contribution in [-0.2, 0) is 38.2 Å². The van der Waals surface area contributed by atoms with E-state index in [4.69, 9.17) is 14.2 Å². The molecular formula is C50H62O9. The van der Waals surface area contributed by atoms with Crippen LogP contribution in [-0.4, -0.2) is 52.1 Å². The molecule has 10 bridgehead atoms. The summed E-state index contributed by atoms with van der Waals surface area (Å²) in [6.07, 6.45) is 27.9. The van der Waals surface area contributed by atoms with Crippen LogP contribution in [0, 0.1) is 58.7 Å². The molecule has 7 fully saturated rings. The largest absolute Gasteiger partial charge is 0.451 e. The van der Waals surface area contributed by atoms with Gasteiger partial charge in [-0.05, 0) is 145 Å². The molecule has 0 saturated heterocycles.